The molecular weight excluding hydrogens is 581 g/mol. The van der Waals surface area contributed by atoms with Gasteiger partial charge in [-0.3, -0.25) is 20.2 Å². The first-order valence-electron chi connectivity index (χ1n) is 14.0. The standard InChI is InChI=1S/C19H15F3N2O3.C12H12N2O3/c20-19(21,22)14-3-1-12(2-4-14)18-10-13-9-15(24(25)26)5-6-17(13)23(18)16-7-8-27-11-16;15-14(16)10-1-2-12-9(7-10)3-5-13(12)11-4-6-17-8-11/h1-6,9-10,16H,7-8,11H2;1-3,5,7,11H,4,6,8H2. The lowest BCUT2D eigenvalue weighted by Crippen LogP contribution is -2.10. The second kappa shape index (κ2) is 11.7. The highest BCUT2D eigenvalue weighted by Gasteiger charge is 2.30. The van der Waals surface area contributed by atoms with Crippen molar-refractivity contribution in [1.29, 1.82) is 0 Å². The van der Waals surface area contributed by atoms with Gasteiger partial charge in [0, 0.05) is 71.2 Å². The maximum absolute atomic E-state index is 12.8. The highest BCUT2D eigenvalue weighted by Crippen LogP contribution is 2.37. The minimum Gasteiger partial charge on any atom is -0.379 e. The van der Waals surface area contributed by atoms with Crippen LogP contribution in [0, 0.1) is 20.2 Å². The van der Waals surface area contributed by atoms with Crippen LogP contribution in [0.25, 0.3) is 33.1 Å². The molecule has 228 valence electrons. The van der Waals surface area contributed by atoms with Crippen molar-refractivity contribution in [2.24, 2.45) is 0 Å². The highest BCUT2D eigenvalue weighted by molar-refractivity contribution is 5.89. The molecule has 0 radical (unpaired) electrons. The predicted octanol–water partition coefficient (Wildman–Crippen LogP) is 7.71. The van der Waals surface area contributed by atoms with E-state index in [1.807, 2.05) is 22.9 Å². The number of nitro groups is 2. The molecule has 2 aliphatic heterocycles. The van der Waals surface area contributed by atoms with E-state index in [1.54, 1.807) is 24.3 Å². The number of ether oxygens (including phenoxy) is 2. The molecule has 7 rings (SSSR count). The van der Waals surface area contributed by atoms with Gasteiger partial charge >= 0.3 is 6.18 Å². The van der Waals surface area contributed by atoms with Gasteiger partial charge in [0.15, 0.2) is 0 Å². The maximum atomic E-state index is 12.8. The molecule has 13 heteroatoms. The molecule has 5 aromatic rings. The van der Waals surface area contributed by atoms with E-state index in [4.69, 9.17) is 9.47 Å². The van der Waals surface area contributed by atoms with Crippen LogP contribution in [-0.2, 0) is 15.7 Å². The van der Waals surface area contributed by atoms with Gasteiger partial charge < -0.3 is 18.6 Å². The van der Waals surface area contributed by atoms with Crippen LogP contribution in [0.1, 0.15) is 30.5 Å². The molecule has 2 saturated heterocycles. The average molecular weight is 609 g/mol. The van der Waals surface area contributed by atoms with E-state index < -0.39 is 16.7 Å². The Morgan fingerprint density at radius 2 is 1.32 bits per heavy atom. The van der Waals surface area contributed by atoms with E-state index in [0.717, 1.165) is 60.3 Å². The second-order valence-corrected chi connectivity index (χ2v) is 10.7. The van der Waals surface area contributed by atoms with Gasteiger partial charge in [0.2, 0.25) is 0 Å². The lowest BCUT2D eigenvalue weighted by Gasteiger charge is -2.17. The monoisotopic (exact) mass is 608 g/mol. The van der Waals surface area contributed by atoms with E-state index in [1.165, 1.54) is 24.3 Å². The number of benzene rings is 3. The summed E-state index contributed by atoms with van der Waals surface area (Å²) in [5.41, 5.74) is 2.56. The lowest BCUT2D eigenvalue weighted by molar-refractivity contribution is -0.384. The molecule has 10 nitrogen and oxygen atoms in total. The van der Waals surface area contributed by atoms with Crippen molar-refractivity contribution in [3.05, 3.63) is 105 Å². The number of hydrogen-bond acceptors (Lipinski definition) is 6. The van der Waals surface area contributed by atoms with Gasteiger partial charge in [-0.1, -0.05) is 12.1 Å². The van der Waals surface area contributed by atoms with Gasteiger partial charge in [-0.25, -0.2) is 0 Å². The molecule has 4 heterocycles. The molecule has 0 N–H and O–H groups in total. The van der Waals surface area contributed by atoms with Crippen LogP contribution < -0.4 is 0 Å². The molecule has 0 saturated carbocycles. The summed E-state index contributed by atoms with van der Waals surface area (Å²) < 4.78 is 53.5. The smallest absolute Gasteiger partial charge is 0.379 e. The Morgan fingerprint density at radius 1 is 0.727 bits per heavy atom. The molecule has 3 aromatic carbocycles. The number of nitro benzene ring substituents is 2. The van der Waals surface area contributed by atoms with E-state index in [2.05, 4.69) is 4.57 Å². The number of alkyl halides is 3. The Labute approximate surface area is 248 Å². The second-order valence-electron chi connectivity index (χ2n) is 10.7. The van der Waals surface area contributed by atoms with Crippen molar-refractivity contribution in [2.75, 3.05) is 26.4 Å². The summed E-state index contributed by atoms with van der Waals surface area (Å²) in [6.45, 7) is 2.61. The third-order valence-corrected chi connectivity index (χ3v) is 8.03. The van der Waals surface area contributed by atoms with Crippen molar-refractivity contribution in [3.63, 3.8) is 0 Å². The predicted molar refractivity (Wildman–Crippen MR) is 157 cm³/mol. The van der Waals surface area contributed by atoms with Crippen molar-refractivity contribution in [1.82, 2.24) is 9.13 Å². The van der Waals surface area contributed by atoms with Gasteiger partial charge in [-0.15, -0.1) is 0 Å². The van der Waals surface area contributed by atoms with Crippen molar-refractivity contribution in [3.8, 4) is 11.3 Å². The average Bonchev–Trinajstić information content (AvgIpc) is 3.82. The molecule has 0 aliphatic carbocycles. The van der Waals surface area contributed by atoms with Gasteiger partial charge in [0.1, 0.15) is 0 Å². The number of non-ortho nitro benzene ring substituents is 2. The van der Waals surface area contributed by atoms with Gasteiger partial charge in [-0.2, -0.15) is 13.2 Å². The Morgan fingerprint density at radius 3 is 1.89 bits per heavy atom. The van der Waals surface area contributed by atoms with Gasteiger partial charge in [0.05, 0.1) is 40.7 Å². The molecule has 0 bridgehead atoms. The highest BCUT2D eigenvalue weighted by atomic mass is 19.4. The Balaban J connectivity index is 0.000000173. The molecular formula is C31H27F3N4O6. The van der Waals surface area contributed by atoms with Crippen molar-refractivity contribution >= 4 is 33.2 Å². The van der Waals surface area contributed by atoms with Crippen molar-refractivity contribution in [2.45, 2.75) is 31.1 Å². The fraction of sp³-hybridized carbons (Fsp3) is 0.290. The van der Waals surface area contributed by atoms with Crippen LogP contribution in [0.15, 0.2) is 79.0 Å². The zero-order valence-electron chi connectivity index (χ0n) is 23.3. The number of aromatic nitrogens is 2. The summed E-state index contributed by atoms with van der Waals surface area (Å²) >= 11 is 0. The first-order valence-corrected chi connectivity index (χ1v) is 14.0. The Hall–Kier alpha value is -4.75. The SMILES string of the molecule is O=[N+]([O-])c1ccc2c(c1)cc(-c1ccc(C(F)(F)F)cc1)n2C1CCOC1.O=[N+]([O-])c1ccc2c(ccn2C2CCOC2)c1. The number of rotatable bonds is 5. The summed E-state index contributed by atoms with van der Waals surface area (Å²) in [7, 11) is 0. The minimum absolute atomic E-state index is 0.0266. The van der Waals surface area contributed by atoms with Gasteiger partial charge in [-0.05, 0) is 54.8 Å². The number of halogens is 3. The largest absolute Gasteiger partial charge is 0.416 e. The van der Waals surface area contributed by atoms with Crippen molar-refractivity contribution < 1.29 is 32.5 Å². The van der Waals surface area contributed by atoms with E-state index in [-0.39, 0.29) is 22.3 Å². The van der Waals surface area contributed by atoms with Crippen LogP contribution in [-0.4, -0.2) is 45.4 Å². The summed E-state index contributed by atoms with van der Waals surface area (Å²) in [6, 6.07) is 18.6. The number of hydrogen-bond donors (Lipinski definition) is 0. The summed E-state index contributed by atoms with van der Waals surface area (Å²) in [6.07, 6.45) is -0.645. The fourth-order valence-electron chi connectivity index (χ4n) is 5.83. The molecule has 2 aliphatic rings. The molecule has 0 amide bonds. The molecule has 2 fully saturated rings. The zero-order valence-corrected chi connectivity index (χ0v) is 23.3. The third-order valence-electron chi connectivity index (χ3n) is 8.03. The summed E-state index contributed by atoms with van der Waals surface area (Å²) in [4.78, 5) is 20.9. The van der Waals surface area contributed by atoms with E-state index >= 15 is 0 Å². The zero-order chi connectivity index (χ0) is 31.0. The molecule has 2 atom stereocenters. The van der Waals surface area contributed by atoms with Gasteiger partial charge in [0.25, 0.3) is 11.4 Å². The molecule has 2 aromatic heterocycles. The van der Waals surface area contributed by atoms with Crippen LogP contribution in [0.2, 0.25) is 0 Å². The Kier molecular flexibility index (Phi) is 7.82. The summed E-state index contributed by atoms with van der Waals surface area (Å²) in [5.74, 6) is 0. The first kappa shape index (κ1) is 29.3. The first-order chi connectivity index (χ1) is 21.1. The number of nitrogens with zero attached hydrogens (tertiary/aromatic N) is 4. The quantitative estimate of drug-likeness (QED) is 0.149. The van der Waals surface area contributed by atoms with Crippen LogP contribution in [0.5, 0.6) is 0 Å². The van der Waals surface area contributed by atoms with Crippen LogP contribution in [0.4, 0.5) is 24.5 Å². The fourth-order valence-corrected chi connectivity index (χ4v) is 5.83. The van der Waals surface area contributed by atoms with Crippen LogP contribution >= 0.6 is 0 Å². The maximum Gasteiger partial charge on any atom is 0.416 e. The number of fused-ring (bicyclic) bond motifs is 2. The minimum atomic E-state index is -4.40. The van der Waals surface area contributed by atoms with E-state index in [9.17, 15) is 33.4 Å². The lowest BCUT2D eigenvalue weighted by atomic mass is 10.1. The normalized spacial score (nSPS) is 18.4. The summed E-state index contributed by atoms with van der Waals surface area (Å²) in [5, 5.41) is 23.3. The van der Waals surface area contributed by atoms with Crippen LogP contribution in [0.3, 0.4) is 0 Å². The molecule has 44 heavy (non-hydrogen) atoms. The van der Waals surface area contributed by atoms with E-state index in [0.29, 0.717) is 30.2 Å². The topological polar surface area (TPSA) is 115 Å². The Bertz CT molecular complexity index is 1840. The molecule has 0 spiro atoms. The molecule has 2 unspecified atom stereocenters. The third kappa shape index (κ3) is 5.75.